The number of thioether (sulfide) groups is 1. The summed E-state index contributed by atoms with van der Waals surface area (Å²) in [6, 6.07) is 11.4. The van der Waals surface area contributed by atoms with Gasteiger partial charge in [0.1, 0.15) is 5.82 Å². The van der Waals surface area contributed by atoms with Gasteiger partial charge >= 0.3 is 0 Å². The van der Waals surface area contributed by atoms with Crippen LogP contribution in [-0.2, 0) is 11.5 Å². The molecule has 3 aromatic rings. The molecule has 0 saturated heterocycles. The van der Waals surface area contributed by atoms with Gasteiger partial charge in [-0.3, -0.25) is 4.79 Å². The number of rotatable bonds is 3. The van der Waals surface area contributed by atoms with Gasteiger partial charge in [0.15, 0.2) is 11.5 Å². The van der Waals surface area contributed by atoms with Gasteiger partial charge in [-0.15, -0.1) is 0 Å². The Morgan fingerprint density at radius 1 is 1.07 bits per heavy atom. The number of anilines is 1. The number of hydrogen-bond acceptors (Lipinski definition) is 5. The largest absolute Gasteiger partial charge is 0.454 e. The van der Waals surface area contributed by atoms with Gasteiger partial charge in [0.05, 0.1) is 11.4 Å². The summed E-state index contributed by atoms with van der Waals surface area (Å²) in [4.78, 5) is 13.0. The van der Waals surface area contributed by atoms with E-state index in [9.17, 15) is 4.79 Å². The predicted octanol–water partition coefficient (Wildman–Crippen LogP) is 4.22. The Labute approximate surface area is 166 Å². The van der Waals surface area contributed by atoms with Crippen molar-refractivity contribution < 1.29 is 14.3 Å². The number of aryl methyl sites for hydroxylation is 2. The molecule has 0 spiro atoms. The number of benzene rings is 2. The van der Waals surface area contributed by atoms with E-state index in [1.54, 1.807) is 18.2 Å². The Kier molecular flexibility index (Phi) is 4.05. The SMILES string of the molecule is Cc1ccc(-n2nc3c(c2NC(=O)c2ccc4c(c2)OCO4)CSC3)cc1C. The number of nitrogens with one attached hydrogen (secondary N) is 1. The van der Waals surface area contributed by atoms with Gasteiger partial charge in [0, 0.05) is 22.6 Å². The van der Waals surface area contributed by atoms with Crippen LogP contribution < -0.4 is 14.8 Å². The van der Waals surface area contributed by atoms with Crippen LogP contribution in [0.1, 0.15) is 32.7 Å². The zero-order chi connectivity index (χ0) is 19.3. The van der Waals surface area contributed by atoms with Gasteiger partial charge in [-0.25, -0.2) is 4.68 Å². The van der Waals surface area contributed by atoms with Gasteiger partial charge in [-0.05, 0) is 55.3 Å². The van der Waals surface area contributed by atoms with Crippen molar-refractivity contribution in [2.75, 3.05) is 12.1 Å². The molecule has 0 radical (unpaired) electrons. The number of amides is 1. The zero-order valence-electron chi connectivity index (χ0n) is 15.6. The van der Waals surface area contributed by atoms with Crippen LogP contribution in [0.25, 0.3) is 5.69 Å². The molecule has 0 atom stereocenters. The van der Waals surface area contributed by atoms with Crippen molar-refractivity contribution >= 4 is 23.5 Å². The first kappa shape index (κ1) is 17.2. The predicted molar refractivity (Wildman–Crippen MR) is 109 cm³/mol. The Hall–Kier alpha value is -2.93. The van der Waals surface area contributed by atoms with Gasteiger partial charge < -0.3 is 14.8 Å². The van der Waals surface area contributed by atoms with Crippen LogP contribution in [-0.4, -0.2) is 22.5 Å². The molecule has 28 heavy (non-hydrogen) atoms. The van der Waals surface area contributed by atoms with Gasteiger partial charge in [-0.2, -0.15) is 16.9 Å². The number of carbonyl (C=O) groups is 1. The molecule has 0 fully saturated rings. The molecule has 2 aromatic carbocycles. The summed E-state index contributed by atoms with van der Waals surface area (Å²) in [6.45, 7) is 4.35. The highest BCUT2D eigenvalue weighted by atomic mass is 32.2. The van der Waals surface area contributed by atoms with E-state index in [-0.39, 0.29) is 12.7 Å². The first-order valence-electron chi connectivity index (χ1n) is 9.07. The Balaban J connectivity index is 1.52. The molecular formula is C21H19N3O3S. The second-order valence-corrected chi connectivity index (χ2v) is 7.95. The summed E-state index contributed by atoms with van der Waals surface area (Å²) >= 11 is 1.81. The minimum atomic E-state index is -0.192. The highest BCUT2D eigenvalue weighted by Crippen LogP contribution is 2.37. The van der Waals surface area contributed by atoms with Crippen LogP contribution in [0.5, 0.6) is 11.5 Å². The Morgan fingerprint density at radius 3 is 2.79 bits per heavy atom. The average molecular weight is 393 g/mol. The molecule has 1 N–H and O–H groups in total. The normalized spacial score (nSPS) is 14.2. The standard InChI is InChI=1S/C21H19N3O3S/c1-12-3-5-15(7-13(12)2)24-20(16-9-28-10-17(16)23-24)22-21(25)14-4-6-18-19(8-14)27-11-26-18/h3-8H,9-11H2,1-2H3,(H,22,25). The molecule has 5 rings (SSSR count). The van der Waals surface area contributed by atoms with Gasteiger partial charge in [0.2, 0.25) is 6.79 Å². The fourth-order valence-electron chi connectivity index (χ4n) is 3.40. The molecule has 0 aliphatic carbocycles. The number of nitrogens with zero attached hydrogens (tertiary/aromatic N) is 2. The van der Waals surface area contributed by atoms with E-state index in [1.165, 1.54) is 11.1 Å². The number of hydrogen-bond donors (Lipinski definition) is 1. The molecular weight excluding hydrogens is 374 g/mol. The molecule has 0 saturated carbocycles. The van der Waals surface area contributed by atoms with Crippen molar-refractivity contribution in [3.05, 3.63) is 64.3 Å². The van der Waals surface area contributed by atoms with Crippen LogP contribution in [0, 0.1) is 13.8 Å². The lowest BCUT2D eigenvalue weighted by Gasteiger charge is -2.12. The summed E-state index contributed by atoms with van der Waals surface area (Å²) in [5.41, 5.74) is 6.02. The maximum absolute atomic E-state index is 13.0. The Morgan fingerprint density at radius 2 is 1.93 bits per heavy atom. The van der Waals surface area contributed by atoms with Crippen molar-refractivity contribution in [1.82, 2.24) is 9.78 Å². The molecule has 1 aromatic heterocycles. The number of ether oxygens (including phenoxy) is 2. The third-order valence-corrected chi connectivity index (χ3v) is 6.12. The molecule has 142 valence electrons. The lowest BCUT2D eigenvalue weighted by molar-refractivity contribution is 0.102. The van der Waals surface area contributed by atoms with Gasteiger partial charge in [0.25, 0.3) is 5.91 Å². The fourth-order valence-corrected chi connectivity index (χ4v) is 4.44. The molecule has 0 unspecified atom stereocenters. The summed E-state index contributed by atoms with van der Waals surface area (Å²) in [6.07, 6.45) is 0. The molecule has 6 nitrogen and oxygen atoms in total. The van der Waals surface area contributed by atoms with E-state index >= 15 is 0 Å². The first-order chi connectivity index (χ1) is 13.6. The average Bonchev–Trinajstić information content (AvgIpc) is 3.40. The first-order valence-corrected chi connectivity index (χ1v) is 10.2. The topological polar surface area (TPSA) is 65.4 Å². The lowest BCUT2D eigenvalue weighted by atomic mass is 10.1. The summed E-state index contributed by atoms with van der Waals surface area (Å²) in [5.74, 6) is 3.51. The molecule has 2 aliphatic heterocycles. The van der Waals surface area contributed by atoms with Crippen molar-refractivity contribution in [3.8, 4) is 17.2 Å². The number of carbonyl (C=O) groups excluding carboxylic acids is 1. The lowest BCUT2D eigenvalue weighted by Crippen LogP contribution is -2.16. The number of aromatic nitrogens is 2. The minimum Gasteiger partial charge on any atom is -0.454 e. The molecule has 0 bridgehead atoms. The van der Waals surface area contributed by atoms with E-state index < -0.39 is 0 Å². The van der Waals surface area contributed by atoms with E-state index in [2.05, 4.69) is 31.3 Å². The van der Waals surface area contributed by atoms with Crippen LogP contribution >= 0.6 is 11.8 Å². The second-order valence-electron chi connectivity index (χ2n) is 6.97. The minimum absolute atomic E-state index is 0.185. The van der Waals surface area contributed by atoms with Crippen molar-refractivity contribution in [2.24, 2.45) is 0 Å². The monoisotopic (exact) mass is 393 g/mol. The van der Waals surface area contributed by atoms with Crippen molar-refractivity contribution in [2.45, 2.75) is 25.4 Å². The van der Waals surface area contributed by atoms with Crippen molar-refractivity contribution in [1.29, 1.82) is 0 Å². The third kappa shape index (κ3) is 2.82. The van der Waals surface area contributed by atoms with E-state index in [1.807, 2.05) is 22.5 Å². The smallest absolute Gasteiger partial charge is 0.256 e. The molecule has 3 heterocycles. The molecule has 1 amide bonds. The van der Waals surface area contributed by atoms with Crippen molar-refractivity contribution in [3.63, 3.8) is 0 Å². The molecule has 7 heteroatoms. The summed E-state index contributed by atoms with van der Waals surface area (Å²) in [5, 5.41) is 7.86. The Bertz CT molecular complexity index is 1110. The fraction of sp³-hybridized carbons (Fsp3) is 0.238. The van der Waals surface area contributed by atoms with Crippen LogP contribution in [0.15, 0.2) is 36.4 Å². The highest BCUT2D eigenvalue weighted by molar-refractivity contribution is 7.98. The van der Waals surface area contributed by atoms with E-state index in [0.717, 1.165) is 34.3 Å². The second kappa shape index (κ2) is 6.60. The van der Waals surface area contributed by atoms with Crippen LogP contribution in [0.3, 0.4) is 0 Å². The van der Waals surface area contributed by atoms with Gasteiger partial charge in [-0.1, -0.05) is 6.07 Å². The third-order valence-electron chi connectivity index (χ3n) is 5.15. The zero-order valence-corrected chi connectivity index (χ0v) is 16.4. The molecule has 2 aliphatic rings. The van der Waals surface area contributed by atoms with E-state index in [0.29, 0.717) is 17.1 Å². The van der Waals surface area contributed by atoms with Crippen LogP contribution in [0.2, 0.25) is 0 Å². The van der Waals surface area contributed by atoms with Crippen LogP contribution in [0.4, 0.5) is 5.82 Å². The highest BCUT2D eigenvalue weighted by Gasteiger charge is 2.26. The quantitative estimate of drug-likeness (QED) is 0.722. The summed E-state index contributed by atoms with van der Waals surface area (Å²) in [7, 11) is 0. The maximum Gasteiger partial charge on any atom is 0.256 e. The maximum atomic E-state index is 13.0. The summed E-state index contributed by atoms with van der Waals surface area (Å²) < 4.78 is 12.6. The van der Waals surface area contributed by atoms with E-state index in [4.69, 9.17) is 14.6 Å². The number of fused-ring (bicyclic) bond motifs is 2.